The summed E-state index contributed by atoms with van der Waals surface area (Å²) in [5.74, 6) is 1.45. The van der Waals surface area contributed by atoms with Gasteiger partial charge in [0.2, 0.25) is 5.16 Å². The van der Waals surface area contributed by atoms with Gasteiger partial charge in [-0.15, -0.1) is 10.2 Å². The van der Waals surface area contributed by atoms with Gasteiger partial charge >= 0.3 is 6.09 Å². The van der Waals surface area contributed by atoms with Crippen molar-refractivity contribution < 1.29 is 9.53 Å². The fraction of sp³-hybridized carbons (Fsp3) is 0.412. The maximum absolute atomic E-state index is 11.7. The number of aromatic nitrogens is 3. The molecule has 0 fully saturated rings. The highest BCUT2D eigenvalue weighted by Crippen LogP contribution is 2.24. The SMILES string of the molecule is CC(C)(C)OC(=O)NCCc1nnc2n1N=C(c1ccc(Br)cc1)CS2. The number of halogens is 1. The second-order valence-electron chi connectivity index (χ2n) is 6.73. The Balaban J connectivity index is 1.67. The van der Waals surface area contributed by atoms with E-state index >= 15 is 0 Å². The van der Waals surface area contributed by atoms with E-state index in [0.717, 1.165) is 26.7 Å². The van der Waals surface area contributed by atoms with Crippen LogP contribution in [0.4, 0.5) is 4.79 Å². The number of hydrogen-bond acceptors (Lipinski definition) is 6. The molecule has 0 bridgehead atoms. The van der Waals surface area contributed by atoms with Crippen LogP contribution < -0.4 is 5.32 Å². The molecular weight excluding hydrogens is 418 g/mol. The molecule has 1 aliphatic heterocycles. The molecule has 0 saturated heterocycles. The van der Waals surface area contributed by atoms with E-state index in [1.54, 1.807) is 16.4 Å². The van der Waals surface area contributed by atoms with Gasteiger partial charge in [0.1, 0.15) is 5.60 Å². The smallest absolute Gasteiger partial charge is 0.407 e. The average molecular weight is 438 g/mol. The molecule has 1 aromatic heterocycles. The zero-order chi connectivity index (χ0) is 18.7. The molecule has 7 nitrogen and oxygen atoms in total. The molecule has 0 radical (unpaired) electrons. The zero-order valence-corrected chi connectivity index (χ0v) is 17.2. The maximum Gasteiger partial charge on any atom is 0.407 e. The van der Waals surface area contributed by atoms with Crippen LogP contribution in [0, 0.1) is 0 Å². The van der Waals surface area contributed by atoms with Crippen molar-refractivity contribution in [3.63, 3.8) is 0 Å². The lowest BCUT2D eigenvalue weighted by atomic mass is 10.1. The predicted molar refractivity (Wildman–Crippen MR) is 105 cm³/mol. The molecule has 0 unspecified atom stereocenters. The third kappa shape index (κ3) is 4.85. The van der Waals surface area contributed by atoms with E-state index in [9.17, 15) is 4.79 Å². The number of benzene rings is 1. The lowest BCUT2D eigenvalue weighted by Crippen LogP contribution is -2.33. The van der Waals surface area contributed by atoms with Crippen LogP contribution in [-0.4, -0.2) is 44.6 Å². The van der Waals surface area contributed by atoms with E-state index in [4.69, 9.17) is 9.84 Å². The summed E-state index contributed by atoms with van der Waals surface area (Å²) in [6.07, 6.45) is 0.0773. The van der Waals surface area contributed by atoms with Gasteiger partial charge in [0.15, 0.2) is 5.82 Å². The highest BCUT2D eigenvalue weighted by Gasteiger charge is 2.20. The molecule has 0 aliphatic carbocycles. The van der Waals surface area contributed by atoms with Crippen LogP contribution in [0.15, 0.2) is 39.0 Å². The molecule has 0 spiro atoms. The first-order valence-electron chi connectivity index (χ1n) is 8.19. The third-order valence-corrected chi connectivity index (χ3v) is 4.89. The number of nitrogens with zero attached hydrogens (tertiary/aromatic N) is 4. The van der Waals surface area contributed by atoms with Crippen molar-refractivity contribution in [3.8, 4) is 0 Å². The molecule has 0 saturated carbocycles. The topological polar surface area (TPSA) is 81.4 Å². The number of rotatable bonds is 4. The number of amides is 1. The van der Waals surface area contributed by atoms with Crippen molar-refractivity contribution >= 4 is 39.5 Å². The number of ether oxygens (including phenoxy) is 1. The highest BCUT2D eigenvalue weighted by molar-refractivity contribution is 9.10. The van der Waals surface area contributed by atoms with E-state index in [0.29, 0.717) is 18.8 Å². The van der Waals surface area contributed by atoms with E-state index in [1.165, 1.54) is 0 Å². The standard InChI is InChI=1S/C17H20BrN5O2S/c1-17(2,3)25-16(24)19-9-8-14-20-21-15-23(14)22-13(10-26-15)11-4-6-12(18)7-5-11/h4-7H,8-10H2,1-3H3,(H,19,24). The van der Waals surface area contributed by atoms with E-state index in [-0.39, 0.29) is 0 Å². The van der Waals surface area contributed by atoms with Gasteiger partial charge in [0, 0.05) is 23.2 Å². The lowest BCUT2D eigenvalue weighted by molar-refractivity contribution is 0.0528. The van der Waals surface area contributed by atoms with Crippen molar-refractivity contribution in [3.05, 3.63) is 40.1 Å². The Morgan fingerprint density at radius 1 is 1.31 bits per heavy atom. The van der Waals surface area contributed by atoms with Crippen LogP contribution in [0.3, 0.4) is 0 Å². The fourth-order valence-electron chi connectivity index (χ4n) is 2.30. The lowest BCUT2D eigenvalue weighted by Gasteiger charge is -2.19. The summed E-state index contributed by atoms with van der Waals surface area (Å²) in [5, 5.41) is 16.6. The summed E-state index contributed by atoms with van der Waals surface area (Å²) in [6.45, 7) is 5.89. The van der Waals surface area contributed by atoms with Crippen LogP contribution in [0.2, 0.25) is 0 Å². The minimum Gasteiger partial charge on any atom is -0.444 e. The summed E-state index contributed by atoms with van der Waals surface area (Å²) >= 11 is 5.04. The number of thioether (sulfide) groups is 1. The Morgan fingerprint density at radius 2 is 2.04 bits per heavy atom. The van der Waals surface area contributed by atoms with E-state index < -0.39 is 11.7 Å². The molecule has 2 heterocycles. The van der Waals surface area contributed by atoms with Crippen LogP contribution in [0.5, 0.6) is 0 Å². The maximum atomic E-state index is 11.7. The molecule has 1 amide bonds. The first-order valence-corrected chi connectivity index (χ1v) is 9.97. The minimum atomic E-state index is -0.515. The molecule has 26 heavy (non-hydrogen) atoms. The number of nitrogens with one attached hydrogen (secondary N) is 1. The molecule has 1 aromatic carbocycles. The number of fused-ring (bicyclic) bond motifs is 1. The summed E-state index contributed by atoms with van der Waals surface area (Å²) in [4.78, 5) is 11.7. The molecule has 1 N–H and O–H groups in total. The molecule has 0 atom stereocenters. The Labute approximate surface area is 164 Å². The third-order valence-electron chi connectivity index (χ3n) is 3.43. The molecular formula is C17H20BrN5O2S. The summed E-state index contributed by atoms with van der Waals surface area (Å²) in [5.41, 5.74) is 1.52. The second-order valence-corrected chi connectivity index (χ2v) is 8.59. The quantitative estimate of drug-likeness (QED) is 0.791. The van der Waals surface area contributed by atoms with Gasteiger partial charge in [-0.3, -0.25) is 0 Å². The summed E-state index contributed by atoms with van der Waals surface area (Å²) in [7, 11) is 0. The highest BCUT2D eigenvalue weighted by atomic mass is 79.9. The monoisotopic (exact) mass is 437 g/mol. The van der Waals surface area contributed by atoms with Crippen molar-refractivity contribution in [2.24, 2.45) is 5.10 Å². The summed E-state index contributed by atoms with van der Waals surface area (Å²) in [6, 6.07) is 8.05. The van der Waals surface area contributed by atoms with Crippen LogP contribution >= 0.6 is 27.7 Å². The Bertz CT molecular complexity index is 827. The van der Waals surface area contributed by atoms with Gasteiger partial charge in [-0.25, -0.2) is 4.79 Å². The van der Waals surface area contributed by atoms with Gasteiger partial charge in [-0.2, -0.15) is 9.78 Å². The van der Waals surface area contributed by atoms with Crippen LogP contribution in [0.1, 0.15) is 32.2 Å². The van der Waals surface area contributed by atoms with Crippen LogP contribution in [-0.2, 0) is 11.2 Å². The average Bonchev–Trinajstić information content (AvgIpc) is 2.96. The predicted octanol–water partition coefficient (Wildman–Crippen LogP) is 3.47. The van der Waals surface area contributed by atoms with E-state index in [1.807, 2.05) is 45.0 Å². The second kappa shape index (κ2) is 7.79. The Hall–Kier alpha value is -1.87. The van der Waals surface area contributed by atoms with Gasteiger partial charge < -0.3 is 10.1 Å². The van der Waals surface area contributed by atoms with Gasteiger partial charge in [0.25, 0.3) is 0 Å². The number of carbonyl (C=O) groups excluding carboxylic acids is 1. The first kappa shape index (κ1) is 18.9. The van der Waals surface area contributed by atoms with Crippen molar-refractivity contribution in [2.45, 2.75) is 37.9 Å². The van der Waals surface area contributed by atoms with Gasteiger partial charge in [0.05, 0.1) is 5.71 Å². The van der Waals surface area contributed by atoms with Gasteiger partial charge in [-0.05, 0) is 38.5 Å². The molecule has 2 aromatic rings. The van der Waals surface area contributed by atoms with Crippen LogP contribution in [0.25, 0.3) is 0 Å². The number of carbonyl (C=O) groups is 1. The first-order chi connectivity index (χ1) is 12.3. The Kier molecular flexibility index (Phi) is 5.67. The minimum absolute atomic E-state index is 0.404. The largest absolute Gasteiger partial charge is 0.444 e. The molecule has 138 valence electrons. The fourth-order valence-corrected chi connectivity index (χ4v) is 3.42. The van der Waals surface area contributed by atoms with Crippen molar-refractivity contribution in [1.82, 2.24) is 20.2 Å². The normalized spacial score (nSPS) is 13.8. The van der Waals surface area contributed by atoms with Crippen molar-refractivity contribution in [2.75, 3.05) is 12.3 Å². The summed E-state index contributed by atoms with van der Waals surface area (Å²) < 4.78 is 8.01. The Morgan fingerprint density at radius 3 is 2.73 bits per heavy atom. The number of alkyl carbamates (subject to hydrolysis) is 1. The molecule has 1 aliphatic rings. The van der Waals surface area contributed by atoms with Gasteiger partial charge in [-0.1, -0.05) is 39.8 Å². The zero-order valence-electron chi connectivity index (χ0n) is 14.8. The van der Waals surface area contributed by atoms with Crippen molar-refractivity contribution in [1.29, 1.82) is 0 Å². The molecule has 9 heteroatoms. The number of hydrogen-bond donors (Lipinski definition) is 1. The molecule has 3 rings (SSSR count). The van der Waals surface area contributed by atoms with E-state index in [2.05, 4.69) is 31.4 Å².